The molecule has 0 aliphatic heterocycles. The van der Waals surface area contributed by atoms with Gasteiger partial charge in [0.1, 0.15) is 11.2 Å². The first-order chi connectivity index (χ1) is 21.4. The fourth-order valence-electron chi connectivity index (χ4n) is 6.43. The molecule has 0 spiro atoms. The summed E-state index contributed by atoms with van der Waals surface area (Å²) in [6.07, 6.45) is 0. The number of aromatic hydroxyl groups is 5. The Bertz CT molecular complexity index is 2350. The molecule has 0 unspecified atom stereocenters. The van der Waals surface area contributed by atoms with E-state index in [1.54, 1.807) is 0 Å². The molecule has 0 atom stereocenters. The van der Waals surface area contributed by atoms with Crippen molar-refractivity contribution >= 4 is 43.5 Å². The largest absolute Gasteiger partial charge is 0.504 e. The molecule has 0 aliphatic carbocycles. The molecule has 212 valence electrons. The van der Waals surface area contributed by atoms with Crippen molar-refractivity contribution < 1.29 is 29.9 Å². The lowest BCUT2D eigenvalue weighted by Gasteiger charge is -2.20. The normalized spacial score (nSPS) is 11.6. The quantitative estimate of drug-likeness (QED) is 0.0813. The minimum Gasteiger partial charge on any atom is -0.504 e. The number of rotatable bonds is 3. The van der Waals surface area contributed by atoms with Crippen LogP contribution in [-0.2, 0) is 0 Å². The van der Waals surface area contributed by atoms with Gasteiger partial charge in [-0.25, -0.2) is 0 Å². The Balaban J connectivity index is 1.45. The Morgan fingerprint density at radius 1 is 0.364 bits per heavy atom. The van der Waals surface area contributed by atoms with Crippen molar-refractivity contribution in [1.29, 1.82) is 0 Å². The van der Waals surface area contributed by atoms with E-state index in [9.17, 15) is 25.5 Å². The van der Waals surface area contributed by atoms with Crippen LogP contribution in [0.1, 0.15) is 0 Å². The van der Waals surface area contributed by atoms with Gasteiger partial charge < -0.3 is 29.9 Å². The molecule has 1 heterocycles. The molecule has 0 saturated carbocycles. The van der Waals surface area contributed by atoms with E-state index in [1.807, 2.05) is 84.9 Å². The second kappa shape index (κ2) is 9.44. The highest BCUT2D eigenvalue weighted by molar-refractivity contribution is 6.23. The zero-order valence-corrected chi connectivity index (χ0v) is 23.1. The molecule has 8 rings (SSSR count). The number of fused-ring (bicyclic) bond motifs is 5. The van der Waals surface area contributed by atoms with Crippen molar-refractivity contribution in [2.45, 2.75) is 0 Å². The van der Waals surface area contributed by atoms with E-state index < -0.39 is 28.7 Å². The van der Waals surface area contributed by atoms with Gasteiger partial charge in [-0.15, -0.1) is 0 Å². The molecule has 0 amide bonds. The van der Waals surface area contributed by atoms with Gasteiger partial charge in [0, 0.05) is 21.9 Å². The van der Waals surface area contributed by atoms with E-state index in [1.165, 1.54) is 0 Å². The molecule has 6 nitrogen and oxygen atoms in total. The predicted octanol–water partition coefficient (Wildman–Crippen LogP) is 9.42. The lowest BCUT2D eigenvalue weighted by Crippen LogP contribution is -1.92. The van der Waals surface area contributed by atoms with E-state index in [4.69, 9.17) is 4.42 Å². The summed E-state index contributed by atoms with van der Waals surface area (Å²) in [6, 6.07) is 37.6. The highest BCUT2D eigenvalue weighted by Crippen LogP contribution is 2.57. The molecule has 0 fully saturated rings. The van der Waals surface area contributed by atoms with Crippen LogP contribution < -0.4 is 0 Å². The van der Waals surface area contributed by atoms with Gasteiger partial charge in [0.05, 0.1) is 5.56 Å². The van der Waals surface area contributed by atoms with Crippen LogP contribution in [0.2, 0.25) is 0 Å². The Morgan fingerprint density at radius 2 is 0.886 bits per heavy atom. The SMILES string of the molecule is Oc1c(O)c(O)c(-c2c3ccccc3c(-c3ccc4oc5c(-c6ccccc6)cccc5c4c3)c3ccccc23)c(O)c1O. The molecule has 0 bridgehead atoms. The fourth-order valence-corrected chi connectivity index (χ4v) is 6.43. The van der Waals surface area contributed by atoms with Crippen LogP contribution in [0.3, 0.4) is 0 Å². The Kier molecular flexibility index (Phi) is 5.48. The van der Waals surface area contributed by atoms with Crippen molar-refractivity contribution in [3.05, 3.63) is 115 Å². The number of hydrogen-bond acceptors (Lipinski definition) is 6. The topological polar surface area (TPSA) is 114 Å². The first-order valence-corrected chi connectivity index (χ1v) is 14.1. The van der Waals surface area contributed by atoms with Crippen LogP contribution in [-0.4, -0.2) is 25.5 Å². The zero-order valence-electron chi connectivity index (χ0n) is 23.1. The molecule has 6 heteroatoms. The van der Waals surface area contributed by atoms with Crippen LogP contribution in [0.15, 0.2) is 120 Å². The van der Waals surface area contributed by atoms with Crippen LogP contribution in [0.25, 0.3) is 76.9 Å². The standard InChI is InChI=1S/C38H24O6/c39-33-32(34(40)36(42)37(43)35(33)41)31-25-13-6-4-11-23(25)30(24-12-5-7-14-26(24)31)21-17-18-29-28(19-21)27-16-8-15-22(38(27)44-29)20-9-2-1-3-10-20/h1-19,39-43H. The summed E-state index contributed by atoms with van der Waals surface area (Å²) in [7, 11) is 0. The minimum atomic E-state index is -0.995. The van der Waals surface area contributed by atoms with E-state index >= 15 is 0 Å². The number of phenols is 5. The van der Waals surface area contributed by atoms with E-state index in [0.717, 1.165) is 55.0 Å². The summed E-state index contributed by atoms with van der Waals surface area (Å²) in [5, 5.41) is 57.7. The van der Waals surface area contributed by atoms with Gasteiger partial charge in [-0.2, -0.15) is 0 Å². The zero-order chi connectivity index (χ0) is 30.1. The third-order valence-electron chi connectivity index (χ3n) is 8.42. The van der Waals surface area contributed by atoms with Crippen LogP contribution in [0.4, 0.5) is 0 Å². The monoisotopic (exact) mass is 576 g/mol. The van der Waals surface area contributed by atoms with Gasteiger partial charge in [0.25, 0.3) is 0 Å². The van der Waals surface area contributed by atoms with E-state index in [2.05, 4.69) is 30.3 Å². The van der Waals surface area contributed by atoms with Gasteiger partial charge in [0.2, 0.25) is 17.2 Å². The molecule has 8 aromatic rings. The predicted molar refractivity (Wildman–Crippen MR) is 173 cm³/mol. The number of phenolic OH excluding ortho intramolecular Hbond substituents is 5. The smallest absolute Gasteiger partial charge is 0.208 e. The molecule has 0 aliphatic rings. The summed E-state index contributed by atoms with van der Waals surface area (Å²) in [5.74, 6) is -4.30. The van der Waals surface area contributed by atoms with Crippen LogP contribution >= 0.6 is 0 Å². The molecule has 7 aromatic carbocycles. The van der Waals surface area contributed by atoms with E-state index in [-0.39, 0.29) is 5.56 Å². The van der Waals surface area contributed by atoms with Crippen LogP contribution in [0, 0.1) is 0 Å². The van der Waals surface area contributed by atoms with Crippen molar-refractivity contribution in [2.75, 3.05) is 0 Å². The molecular weight excluding hydrogens is 552 g/mol. The van der Waals surface area contributed by atoms with Crippen molar-refractivity contribution in [3.63, 3.8) is 0 Å². The number of furan rings is 1. The van der Waals surface area contributed by atoms with E-state index in [0.29, 0.717) is 16.3 Å². The maximum atomic E-state index is 11.0. The molecule has 0 saturated heterocycles. The Labute approximate surface area is 250 Å². The third-order valence-corrected chi connectivity index (χ3v) is 8.42. The number of para-hydroxylation sites is 1. The van der Waals surface area contributed by atoms with Crippen LogP contribution in [0.5, 0.6) is 28.7 Å². The highest BCUT2D eigenvalue weighted by Gasteiger charge is 2.28. The van der Waals surface area contributed by atoms with Crippen molar-refractivity contribution in [2.24, 2.45) is 0 Å². The summed E-state index contributed by atoms with van der Waals surface area (Å²) in [6.45, 7) is 0. The first kappa shape index (κ1) is 25.6. The second-order valence-corrected chi connectivity index (χ2v) is 10.8. The molecule has 1 aromatic heterocycles. The third kappa shape index (κ3) is 3.55. The molecular formula is C38H24O6. The summed E-state index contributed by atoms with van der Waals surface area (Å²) >= 11 is 0. The maximum Gasteiger partial charge on any atom is 0.208 e. The maximum absolute atomic E-state index is 11.0. The molecule has 5 N–H and O–H groups in total. The lowest BCUT2D eigenvalue weighted by atomic mass is 9.85. The Hall–Kier alpha value is -6.14. The fraction of sp³-hybridized carbons (Fsp3) is 0. The summed E-state index contributed by atoms with van der Waals surface area (Å²) in [5.41, 5.74) is 5.76. The minimum absolute atomic E-state index is 0.179. The van der Waals surface area contributed by atoms with Gasteiger partial charge in [-0.05, 0) is 50.4 Å². The molecule has 0 radical (unpaired) electrons. The summed E-state index contributed by atoms with van der Waals surface area (Å²) in [4.78, 5) is 0. The lowest BCUT2D eigenvalue weighted by molar-refractivity contribution is 0.330. The first-order valence-electron chi connectivity index (χ1n) is 14.1. The number of hydrogen-bond donors (Lipinski definition) is 5. The average molecular weight is 577 g/mol. The summed E-state index contributed by atoms with van der Waals surface area (Å²) < 4.78 is 6.42. The Morgan fingerprint density at radius 3 is 1.50 bits per heavy atom. The van der Waals surface area contributed by atoms with Crippen molar-refractivity contribution in [1.82, 2.24) is 0 Å². The highest BCUT2D eigenvalue weighted by atomic mass is 16.4. The van der Waals surface area contributed by atoms with Gasteiger partial charge >= 0.3 is 0 Å². The molecule has 44 heavy (non-hydrogen) atoms. The van der Waals surface area contributed by atoms with Gasteiger partial charge in [-0.3, -0.25) is 0 Å². The second-order valence-electron chi connectivity index (χ2n) is 10.8. The van der Waals surface area contributed by atoms with Gasteiger partial charge in [0.15, 0.2) is 11.5 Å². The van der Waals surface area contributed by atoms with Gasteiger partial charge in [-0.1, -0.05) is 103 Å². The average Bonchev–Trinajstić information content (AvgIpc) is 3.45. The van der Waals surface area contributed by atoms with Crippen molar-refractivity contribution in [3.8, 4) is 62.1 Å². The number of benzene rings is 7.